The normalized spacial score (nSPS) is 13.9. The number of rotatable bonds is 5. The summed E-state index contributed by atoms with van der Waals surface area (Å²) >= 11 is 0. The minimum atomic E-state index is 0.312. The zero-order valence-corrected chi connectivity index (χ0v) is 9.45. The number of hydrogen-bond donors (Lipinski definition) is 1. The maximum absolute atomic E-state index is 5.41. The van der Waals surface area contributed by atoms with Crippen molar-refractivity contribution >= 4 is 0 Å². The van der Waals surface area contributed by atoms with Crippen molar-refractivity contribution in [3.8, 4) is 0 Å². The molecule has 1 atom stereocenters. The third kappa shape index (κ3) is 3.16. The number of hydrogen-bond acceptors (Lipinski definition) is 3. The first kappa shape index (κ1) is 11.3. The molecule has 1 rings (SSSR count). The average Bonchev–Trinajstić information content (AvgIpc) is 2.56. The van der Waals surface area contributed by atoms with Gasteiger partial charge in [-0.3, -0.25) is 4.90 Å². The van der Waals surface area contributed by atoms with E-state index >= 15 is 0 Å². The summed E-state index contributed by atoms with van der Waals surface area (Å²) < 4.78 is 5.41. The van der Waals surface area contributed by atoms with E-state index in [4.69, 9.17) is 4.42 Å². The van der Waals surface area contributed by atoms with Crippen LogP contribution in [0.15, 0.2) is 22.8 Å². The number of nitrogens with zero attached hydrogens (tertiary/aromatic N) is 1. The highest BCUT2D eigenvalue weighted by Crippen LogP contribution is 2.17. The van der Waals surface area contributed by atoms with Crippen LogP contribution in [0, 0.1) is 0 Å². The van der Waals surface area contributed by atoms with Crippen LogP contribution in [0.4, 0.5) is 0 Å². The van der Waals surface area contributed by atoms with Crippen LogP contribution in [0.5, 0.6) is 0 Å². The van der Waals surface area contributed by atoms with E-state index in [0.717, 1.165) is 12.3 Å². The van der Waals surface area contributed by atoms with E-state index in [1.165, 1.54) is 0 Å². The summed E-state index contributed by atoms with van der Waals surface area (Å²) in [7, 11) is 4.13. The fraction of sp³-hybridized carbons (Fsp3) is 0.636. The van der Waals surface area contributed by atoms with E-state index in [2.05, 4.69) is 38.2 Å². The van der Waals surface area contributed by atoms with Crippen molar-refractivity contribution in [2.24, 2.45) is 0 Å². The molecule has 0 aliphatic carbocycles. The molecule has 0 aliphatic rings. The van der Waals surface area contributed by atoms with Gasteiger partial charge in [0.25, 0.3) is 0 Å². The first-order valence-electron chi connectivity index (χ1n) is 5.04. The lowest BCUT2D eigenvalue weighted by molar-refractivity contribution is 0.246. The SMILES string of the molecule is CC(C)NC[C@H](c1ccco1)N(C)C. The third-order valence-electron chi connectivity index (χ3n) is 2.21. The predicted molar refractivity (Wildman–Crippen MR) is 58.3 cm³/mol. The van der Waals surface area contributed by atoms with Crippen LogP contribution >= 0.6 is 0 Å². The second-order valence-electron chi connectivity index (χ2n) is 4.06. The summed E-state index contributed by atoms with van der Waals surface area (Å²) in [4.78, 5) is 2.16. The van der Waals surface area contributed by atoms with Crippen LogP contribution in [0.1, 0.15) is 25.6 Å². The van der Waals surface area contributed by atoms with E-state index in [-0.39, 0.29) is 0 Å². The van der Waals surface area contributed by atoms with Crippen LogP contribution in [0.3, 0.4) is 0 Å². The van der Waals surface area contributed by atoms with E-state index in [9.17, 15) is 0 Å². The van der Waals surface area contributed by atoms with Crippen molar-refractivity contribution in [3.63, 3.8) is 0 Å². The van der Waals surface area contributed by atoms with Crippen LogP contribution in [0.25, 0.3) is 0 Å². The van der Waals surface area contributed by atoms with Gasteiger partial charge in [-0.15, -0.1) is 0 Å². The molecule has 1 aromatic rings. The molecule has 3 nitrogen and oxygen atoms in total. The molecule has 0 saturated carbocycles. The molecule has 1 heterocycles. The topological polar surface area (TPSA) is 28.4 Å². The Hall–Kier alpha value is -0.800. The van der Waals surface area contributed by atoms with Crippen molar-refractivity contribution in [2.45, 2.75) is 25.9 Å². The third-order valence-corrected chi connectivity index (χ3v) is 2.21. The van der Waals surface area contributed by atoms with Crippen molar-refractivity contribution < 1.29 is 4.42 Å². The summed E-state index contributed by atoms with van der Waals surface area (Å²) in [5.41, 5.74) is 0. The van der Waals surface area contributed by atoms with Gasteiger partial charge in [0, 0.05) is 12.6 Å². The van der Waals surface area contributed by atoms with Gasteiger partial charge < -0.3 is 9.73 Å². The molecule has 0 fully saturated rings. The minimum Gasteiger partial charge on any atom is -0.468 e. The van der Waals surface area contributed by atoms with Crippen molar-refractivity contribution in [1.29, 1.82) is 0 Å². The molecule has 0 saturated heterocycles. The van der Waals surface area contributed by atoms with E-state index in [1.807, 2.05) is 12.1 Å². The zero-order chi connectivity index (χ0) is 10.6. The minimum absolute atomic E-state index is 0.312. The van der Waals surface area contributed by atoms with E-state index in [1.54, 1.807) is 6.26 Å². The second kappa shape index (κ2) is 5.17. The Morgan fingerprint density at radius 1 is 1.43 bits per heavy atom. The van der Waals surface area contributed by atoms with Crippen molar-refractivity contribution in [1.82, 2.24) is 10.2 Å². The first-order valence-corrected chi connectivity index (χ1v) is 5.04. The first-order chi connectivity index (χ1) is 6.61. The summed E-state index contributed by atoms with van der Waals surface area (Å²) in [5, 5.41) is 3.41. The van der Waals surface area contributed by atoms with Gasteiger partial charge in [0.15, 0.2) is 0 Å². The highest BCUT2D eigenvalue weighted by atomic mass is 16.3. The fourth-order valence-corrected chi connectivity index (χ4v) is 1.37. The molecule has 0 aliphatic heterocycles. The zero-order valence-electron chi connectivity index (χ0n) is 9.45. The molecule has 0 unspecified atom stereocenters. The Morgan fingerprint density at radius 2 is 2.14 bits per heavy atom. The molecule has 0 amide bonds. The van der Waals surface area contributed by atoms with Crippen LogP contribution in [-0.4, -0.2) is 31.6 Å². The van der Waals surface area contributed by atoms with E-state index < -0.39 is 0 Å². The Kier molecular flexibility index (Phi) is 4.17. The molecule has 0 aromatic carbocycles. The molecule has 0 spiro atoms. The lowest BCUT2D eigenvalue weighted by Gasteiger charge is -2.23. The lowest BCUT2D eigenvalue weighted by atomic mass is 10.2. The predicted octanol–water partition coefficient (Wildman–Crippen LogP) is 1.88. The van der Waals surface area contributed by atoms with Crippen LogP contribution in [-0.2, 0) is 0 Å². The highest BCUT2D eigenvalue weighted by molar-refractivity contribution is 5.05. The van der Waals surface area contributed by atoms with Gasteiger partial charge in [-0.1, -0.05) is 13.8 Å². The Bertz CT molecular complexity index is 242. The second-order valence-corrected chi connectivity index (χ2v) is 4.06. The molecule has 14 heavy (non-hydrogen) atoms. The largest absolute Gasteiger partial charge is 0.468 e. The summed E-state index contributed by atoms with van der Waals surface area (Å²) in [6.45, 7) is 5.21. The van der Waals surface area contributed by atoms with Gasteiger partial charge in [-0.05, 0) is 26.2 Å². The maximum Gasteiger partial charge on any atom is 0.122 e. The van der Waals surface area contributed by atoms with Crippen molar-refractivity contribution in [2.75, 3.05) is 20.6 Å². The Morgan fingerprint density at radius 3 is 2.57 bits per heavy atom. The Labute approximate surface area is 86.1 Å². The number of furan rings is 1. The standard InChI is InChI=1S/C11H20N2O/c1-9(2)12-8-10(13(3)4)11-6-5-7-14-11/h5-7,9-10,12H,8H2,1-4H3/t10-/m1/s1. The highest BCUT2D eigenvalue weighted by Gasteiger charge is 2.16. The van der Waals surface area contributed by atoms with E-state index in [0.29, 0.717) is 12.1 Å². The molecular formula is C11H20N2O. The lowest BCUT2D eigenvalue weighted by Crippen LogP contribution is -2.34. The fourth-order valence-electron chi connectivity index (χ4n) is 1.37. The maximum atomic E-state index is 5.41. The van der Waals surface area contributed by atoms with Gasteiger partial charge >= 0.3 is 0 Å². The summed E-state index contributed by atoms with van der Waals surface area (Å²) in [6.07, 6.45) is 1.72. The monoisotopic (exact) mass is 196 g/mol. The van der Waals surface area contributed by atoms with Crippen molar-refractivity contribution in [3.05, 3.63) is 24.2 Å². The molecule has 0 bridgehead atoms. The van der Waals surface area contributed by atoms with Crippen LogP contribution < -0.4 is 5.32 Å². The van der Waals surface area contributed by atoms with Gasteiger partial charge in [-0.2, -0.15) is 0 Å². The molecule has 0 radical (unpaired) electrons. The molecule has 3 heteroatoms. The van der Waals surface area contributed by atoms with Gasteiger partial charge in [-0.25, -0.2) is 0 Å². The molecule has 1 N–H and O–H groups in total. The molecule has 80 valence electrons. The van der Waals surface area contributed by atoms with Gasteiger partial charge in [0.05, 0.1) is 12.3 Å². The quantitative estimate of drug-likeness (QED) is 0.779. The van der Waals surface area contributed by atoms with Gasteiger partial charge in [0.2, 0.25) is 0 Å². The number of nitrogens with one attached hydrogen (secondary N) is 1. The average molecular weight is 196 g/mol. The summed E-state index contributed by atoms with van der Waals surface area (Å²) in [5.74, 6) is 1.02. The molecule has 1 aromatic heterocycles. The summed E-state index contributed by atoms with van der Waals surface area (Å²) in [6, 6.07) is 4.77. The van der Waals surface area contributed by atoms with Gasteiger partial charge in [0.1, 0.15) is 5.76 Å². The Balaban J connectivity index is 2.57. The number of likely N-dealkylation sites (N-methyl/N-ethyl adjacent to an activating group) is 1. The van der Waals surface area contributed by atoms with Crippen LogP contribution in [0.2, 0.25) is 0 Å². The smallest absolute Gasteiger partial charge is 0.122 e. The molecular weight excluding hydrogens is 176 g/mol.